The number of carbonyl (C=O) groups excluding carboxylic acids is 1. The van der Waals surface area contributed by atoms with Crippen LogP contribution in [0.15, 0.2) is 60.8 Å². The van der Waals surface area contributed by atoms with Crippen molar-refractivity contribution in [1.82, 2.24) is 14.7 Å². The van der Waals surface area contributed by atoms with E-state index in [1.54, 1.807) is 4.40 Å². The maximum Gasteiger partial charge on any atom is 0.270 e. The van der Waals surface area contributed by atoms with Gasteiger partial charge in [0.25, 0.3) is 5.91 Å². The Labute approximate surface area is 169 Å². The molecule has 0 saturated heterocycles. The Bertz CT molecular complexity index is 1160. The van der Waals surface area contributed by atoms with Crippen LogP contribution >= 0.6 is 0 Å². The summed E-state index contributed by atoms with van der Waals surface area (Å²) in [5, 5.41) is 8.75. The highest BCUT2D eigenvalue weighted by atomic mass is 16.5. The van der Waals surface area contributed by atoms with Gasteiger partial charge in [-0.25, -0.2) is 4.98 Å². The average molecular weight is 388 g/mol. The van der Waals surface area contributed by atoms with Gasteiger partial charge in [0, 0.05) is 30.4 Å². The minimum atomic E-state index is -0.150. The Balaban J connectivity index is 1.44. The third kappa shape index (κ3) is 3.74. The van der Waals surface area contributed by atoms with Gasteiger partial charge in [-0.2, -0.15) is 0 Å². The molecule has 0 aliphatic heterocycles. The van der Waals surface area contributed by atoms with Crippen LogP contribution < -0.4 is 15.4 Å². The molecular formula is C23H24N4O2. The Kier molecular flexibility index (Phi) is 5.33. The van der Waals surface area contributed by atoms with E-state index in [1.807, 2.05) is 56.4 Å². The number of nitrogens with one attached hydrogen (secondary N) is 2. The molecule has 0 fully saturated rings. The molecule has 1 amide bonds. The van der Waals surface area contributed by atoms with Crippen LogP contribution in [0.1, 0.15) is 23.1 Å². The molecule has 0 saturated carbocycles. The number of pyridine rings is 1. The van der Waals surface area contributed by atoms with Crippen molar-refractivity contribution >= 4 is 28.0 Å². The molecule has 0 spiro atoms. The van der Waals surface area contributed by atoms with Crippen LogP contribution in [0.3, 0.4) is 0 Å². The van der Waals surface area contributed by atoms with E-state index in [2.05, 4.69) is 33.8 Å². The van der Waals surface area contributed by atoms with Crippen molar-refractivity contribution in [3.8, 4) is 5.75 Å². The number of aryl methyl sites for hydroxylation is 1. The minimum absolute atomic E-state index is 0.150. The van der Waals surface area contributed by atoms with E-state index < -0.39 is 0 Å². The average Bonchev–Trinajstić information content (AvgIpc) is 3.08. The van der Waals surface area contributed by atoms with Gasteiger partial charge >= 0.3 is 0 Å². The van der Waals surface area contributed by atoms with Crippen LogP contribution in [0.5, 0.6) is 5.75 Å². The second-order valence-electron chi connectivity index (χ2n) is 6.75. The van der Waals surface area contributed by atoms with Gasteiger partial charge in [-0.15, -0.1) is 0 Å². The number of rotatable bonds is 7. The fourth-order valence-corrected chi connectivity index (χ4v) is 3.53. The number of nitrogens with zero attached hydrogens (tertiary/aromatic N) is 2. The topological polar surface area (TPSA) is 67.7 Å². The van der Waals surface area contributed by atoms with Crippen molar-refractivity contribution in [3.05, 3.63) is 72.2 Å². The van der Waals surface area contributed by atoms with E-state index >= 15 is 0 Å². The number of amides is 1. The van der Waals surface area contributed by atoms with Gasteiger partial charge in [-0.1, -0.05) is 36.4 Å². The number of hydrogen-bond donors (Lipinski definition) is 2. The largest absolute Gasteiger partial charge is 0.490 e. The molecule has 2 aromatic heterocycles. The summed E-state index contributed by atoms with van der Waals surface area (Å²) >= 11 is 0. The number of hydrogen-bond acceptors (Lipinski definition) is 4. The first-order valence-electron chi connectivity index (χ1n) is 9.79. The molecular weight excluding hydrogens is 364 g/mol. The smallest absolute Gasteiger partial charge is 0.270 e. The lowest BCUT2D eigenvalue weighted by atomic mass is 10.1. The van der Waals surface area contributed by atoms with Crippen molar-refractivity contribution in [3.63, 3.8) is 0 Å². The molecule has 2 aromatic carbocycles. The van der Waals surface area contributed by atoms with Crippen molar-refractivity contribution in [1.29, 1.82) is 0 Å². The standard InChI is InChI=1S/C23H24N4O2/c1-3-29-20-12-7-15-27-21(16(2)26-22(20)27)23(28)25-14-13-24-19-11-6-9-17-8-4-5-10-18(17)19/h4-12,15,24H,3,13-14H2,1-2H3,(H,25,28). The van der Waals surface area contributed by atoms with E-state index in [0.29, 0.717) is 42.5 Å². The second kappa shape index (κ2) is 8.22. The zero-order chi connectivity index (χ0) is 20.2. The molecule has 29 heavy (non-hydrogen) atoms. The Hall–Kier alpha value is -3.54. The van der Waals surface area contributed by atoms with Crippen molar-refractivity contribution < 1.29 is 9.53 Å². The fraction of sp³-hybridized carbons (Fsp3) is 0.217. The molecule has 2 heterocycles. The first-order chi connectivity index (χ1) is 14.2. The van der Waals surface area contributed by atoms with E-state index in [1.165, 1.54) is 10.8 Å². The van der Waals surface area contributed by atoms with Crippen LogP contribution in [0.2, 0.25) is 0 Å². The van der Waals surface area contributed by atoms with Gasteiger partial charge in [0.15, 0.2) is 11.4 Å². The highest BCUT2D eigenvalue weighted by molar-refractivity contribution is 5.95. The number of ether oxygens (including phenoxy) is 1. The van der Waals surface area contributed by atoms with Crippen LogP contribution in [-0.4, -0.2) is 35.0 Å². The van der Waals surface area contributed by atoms with E-state index in [4.69, 9.17) is 4.74 Å². The lowest BCUT2D eigenvalue weighted by molar-refractivity contribution is 0.0948. The van der Waals surface area contributed by atoms with Crippen molar-refractivity contribution in [2.75, 3.05) is 25.0 Å². The predicted molar refractivity (Wildman–Crippen MR) is 116 cm³/mol. The molecule has 0 aliphatic carbocycles. The summed E-state index contributed by atoms with van der Waals surface area (Å²) in [7, 11) is 0. The van der Waals surface area contributed by atoms with Gasteiger partial charge < -0.3 is 15.4 Å². The lowest BCUT2D eigenvalue weighted by Gasteiger charge is -2.11. The van der Waals surface area contributed by atoms with Crippen LogP contribution in [0.25, 0.3) is 16.4 Å². The highest BCUT2D eigenvalue weighted by Crippen LogP contribution is 2.23. The fourth-order valence-electron chi connectivity index (χ4n) is 3.53. The van der Waals surface area contributed by atoms with Crippen LogP contribution in [0, 0.1) is 6.92 Å². The van der Waals surface area contributed by atoms with Crippen molar-refractivity contribution in [2.45, 2.75) is 13.8 Å². The normalized spacial score (nSPS) is 11.0. The molecule has 148 valence electrons. The van der Waals surface area contributed by atoms with Crippen LogP contribution in [-0.2, 0) is 0 Å². The molecule has 0 bridgehead atoms. The van der Waals surface area contributed by atoms with E-state index in [0.717, 1.165) is 5.69 Å². The second-order valence-corrected chi connectivity index (χ2v) is 6.75. The quantitative estimate of drug-likeness (QED) is 0.469. The zero-order valence-corrected chi connectivity index (χ0v) is 16.6. The van der Waals surface area contributed by atoms with Gasteiger partial charge in [0.05, 0.1) is 12.3 Å². The predicted octanol–water partition coefficient (Wildman–Crippen LogP) is 4.04. The molecule has 6 nitrogen and oxygen atoms in total. The summed E-state index contributed by atoms with van der Waals surface area (Å²) in [6, 6.07) is 18.1. The summed E-state index contributed by atoms with van der Waals surface area (Å²) in [5.74, 6) is 0.526. The zero-order valence-electron chi connectivity index (χ0n) is 16.6. The third-order valence-electron chi connectivity index (χ3n) is 4.82. The lowest BCUT2D eigenvalue weighted by Crippen LogP contribution is -2.30. The number of fused-ring (bicyclic) bond motifs is 2. The summed E-state index contributed by atoms with van der Waals surface area (Å²) in [4.78, 5) is 17.3. The molecule has 0 aliphatic rings. The van der Waals surface area contributed by atoms with Crippen LogP contribution in [0.4, 0.5) is 5.69 Å². The Morgan fingerprint density at radius 1 is 1.07 bits per heavy atom. The first-order valence-corrected chi connectivity index (χ1v) is 9.79. The number of imidazole rings is 1. The van der Waals surface area contributed by atoms with Gasteiger partial charge in [-0.3, -0.25) is 9.20 Å². The summed E-state index contributed by atoms with van der Waals surface area (Å²) in [6.07, 6.45) is 1.83. The molecule has 4 rings (SSSR count). The van der Waals surface area contributed by atoms with E-state index in [-0.39, 0.29) is 5.91 Å². The van der Waals surface area contributed by atoms with Gasteiger partial charge in [0.2, 0.25) is 0 Å². The first kappa shape index (κ1) is 18.8. The molecule has 0 radical (unpaired) electrons. The minimum Gasteiger partial charge on any atom is -0.490 e. The number of carbonyl (C=O) groups is 1. The SMILES string of the molecule is CCOc1cccn2c(C(=O)NCCNc3cccc4ccccc34)c(C)nc12. The third-order valence-corrected chi connectivity index (χ3v) is 4.82. The molecule has 2 N–H and O–H groups in total. The van der Waals surface area contributed by atoms with Gasteiger partial charge in [0.1, 0.15) is 5.69 Å². The van der Waals surface area contributed by atoms with Crippen molar-refractivity contribution in [2.24, 2.45) is 0 Å². The Morgan fingerprint density at radius 3 is 2.76 bits per heavy atom. The molecule has 0 atom stereocenters. The maximum atomic E-state index is 12.8. The number of anilines is 1. The van der Waals surface area contributed by atoms with Gasteiger partial charge in [-0.05, 0) is 37.4 Å². The summed E-state index contributed by atoms with van der Waals surface area (Å²) in [6.45, 7) is 5.44. The summed E-state index contributed by atoms with van der Waals surface area (Å²) in [5.41, 5.74) is 2.93. The Morgan fingerprint density at radius 2 is 1.90 bits per heavy atom. The molecule has 4 aromatic rings. The molecule has 6 heteroatoms. The number of aromatic nitrogens is 2. The summed E-state index contributed by atoms with van der Waals surface area (Å²) < 4.78 is 7.41. The van der Waals surface area contributed by atoms with E-state index in [9.17, 15) is 4.79 Å². The maximum absolute atomic E-state index is 12.8. The molecule has 0 unspecified atom stereocenters. The highest BCUT2D eigenvalue weighted by Gasteiger charge is 2.18. The number of benzene rings is 2. The monoisotopic (exact) mass is 388 g/mol.